The van der Waals surface area contributed by atoms with E-state index in [0.29, 0.717) is 5.69 Å². The molecule has 0 N–H and O–H groups in total. The van der Waals surface area contributed by atoms with E-state index in [2.05, 4.69) is 5.10 Å². The second-order valence-corrected chi connectivity index (χ2v) is 5.71. The highest BCUT2D eigenvalue weighted by Gasteiger charge is 2.24. The van der Waals surface area contributed by atoms with Crippen molar-refractivity contribution in [3.8, 4) is 6.07 Å². The van der Waals surface area contributed by atoms with Crippen LogP contribution in [0.2, 0.25) is 5.15 Å². The number of hydrogen-bond acceptors (Lipinski definition) is 5. The summed E-state index contributed by atoms with van der Waals surface area (Å²) in [6.45, 7) is 0.937. The number of aromatic nitrogens is 2. The Bertz CT molecular complexity index is 875. The lowest BCUT2D eigenvalue weighted by molar-refractivity contribution is -0.121. The molecule has 1 aromatic heterocycles. The fourth-order valence-electron chi connectivity index (χ4n) is 2.35. The van der Waals surface area contributed by atoms with E-state index in [1.54, 1.807) is 20.0 Å². The third-order valence-electron chi connectivity index (χ3n) is 3.57. The number of halogens is 2. The molecule has 0 radical (unpaired) electrons. The molecule has 0 bridgehead atoms. The number of ether oxygens (including phenoxy) is 1. The number of aryl methyl sites for hydroxylation is 2. The molecule has 136 valence electrons. The van der Waals surface area contributed by atoms with Crippen LogP contribution in [0.25, 0.3) is 0 Å². The molecule has 1 heterocycles. The molecule has 0 aliphatic rings. The minimum Gasteiger partial charge on any atom is -0.452 e. The van der Waals surface area contributed by atoms with Crippen molar-refractivity contribution < 1.29 is 18.7 Å². The number of amides is 1. The highest BCUT2D eigenvalue weighted by atomic mass is 35.5. The monoisotopic (exact) mass is 378 g/mol. The molecule has 26 heavy (non-hydrogen) atoms. The Morgan fingerprint density at radius 3 is 2.69 bits per heavy atom. The van der Waals surface area contributed by atoms with E-state index in [9.17, 15) is 14.0 Å². The van der Waals surface area contributed by atoms with Crippen LogP contribution in [0.3, 0.4) is 0 Å². The Kier molecular flexibility index (Phi) is 6.31. The molecule has 2 rings (SSSR count). The number of anilines is 1. The zero-order valence-electron chi connectivity index (χ0n) is 14.2. The van der Waals surface area contributed by atoms with Crippen molar-refractivity contribution in [3.63, 3.8) is 0 Å². The first-order valence-corrected chi connectivity index (χ1v) is 8.02. The van der Waals surface area contributed by atoms with E-state index >= 15 is 0 Å². The number of rotatable bonds is 6. The maximum absolute atomic E-state index is 14.0. The predicted molar refractivity (Wildman–Crippen MR) is 92.2 cm³/mol. The Morgan fingerprint density at radius 2 is 2.12 bits per heavy atom. The molecule has 9 heteroatoms. The maximum Gasteiger partial charge on any atom is 0.343 e. The summed E-state index contributed by atoms with van der Waals surface area (Å²) >= 11 is 5.99. The van der Waals surface area contributed by atoms with E-state index < -0.39 is 24.3 Å². The van der Waals surface area contributed by atoms with Crippen LogP contribution < -0.4 is 4.90 Å². The molecule has 0 unspecified atom stereocenters. The Morgan fingerprint density at radius 1 is 1.42 bits per heavy atom. The highest BCUT2D eigenvalue weighted by Crippen LogP contribution is 2.21. The van der Waals surface area contributed by atoms with Gasteiger partial charge in [0.25, 0.3) is 5.91 Å². The van der Waals surface area contributed by atoms with Crippen LogP contribution >= 0.6 is 11.6 Å². The number of nitrogens with zero attached hydrogens (tertiary/aromatic N) is 4. The summed E-state index contributed by atoms with van der Waals surface area (Å²) in [4.78, 5) is 25.7. The Hall–Kier alpha value is -2.92. The molecular weight excluding hydrogens is 363 g/mol. The molecular formula is C17H16ClFN4O3. The van der Waals surface area contributed by atoms with Crippen molar-refractivity contribution in [1.82, 2.24) is 9.78 Å². The van der Waals surface area contributed by atoms with Gasteiger partial charge in [0.05, 0.1) is 23.9 Å². The summed E-state index contributed by atoms with van der Waals surface area (Å²) in [6, 6.07) is 7.56. The lowest BCUT2D eigenvalue weighted by Crippen LogP contribution is -2.36. The highest BCUT2D eigenvalue weighted by molar-refractivity contribution is 6.32. The van der Waals surface area contributed by atoms with Gasteiger partial charge in [-0.2, -0.15) is 10.4 Å². The van der Waals surface area contributed by atoms with Crippen LogP contribution in [0.15, 0.2) is 24.3 Å². The average Bonchev–Trinajstić information content (AvgIpc) is 2.86. The number of para-hydroxylation sites is 1. The molecule has 0 atom stereocenters. The molecule has 0 saturated heterocycles. The van der Waals surface area contributed by atoms with Crippen molar-refractivity contribution in [3.05, 3.63) is 46.5 Å². The summed E-state index contributed by atoms with van der Waals surface area (Å²) in [5.41, 5.74) is 0.446. The van der Waals surface area contributed by atoms with Gasteiger partial charge in [-0.3, -0.25) is 9.48 Å². The van der Waals surface area contributed by atoms with E-state index in [1.807, 2.05) is 6.07 Å². The summed E-state index contributed by atoms with van der Waals surface area (Å²) in [6.07, 6.45) is 0.00155. The molecule has 7 nitrogen and oxygen atoms in total. The number of carbonyl (C=O) groups is 2. The van der Waals surface area contributed by atoms with Gasteiger partial charge in [-0.25, -0.2) is 9.18 Å². The van der Waals surface area contributed by atoms with Crippen LogP contribution in [0.5, 0.6) is 0 Å². The molecule has 1 amide bonds. The largest absolute Gasteiger partial charge is 0.452 e. The van der Waals surface area contributed by atoms with Crippen LogP contribution in [0.1, 0.15) is 22.5 Å². The van der Waals surface area contributed by atoms with Gasteiger partial charge >= 0.3 is 5.97 Å². The van der Waals surface area contributed by atoms with Gasteiger partial charge in [-0.05, 0) is 19.1 Å². The number of esters is 1. The summed E-state index contributed by atoms with van der Waals surface area (Å²) in [5, 5.41) is 12.8. The first-order valence-electron chi connectivity index (χ1n) is 7.64. The molecule has 0 fully saturated rings. The maximum atomic E-state index is 14.0. The molecule has 0 aliphatic heterocycles. The third-order valence-corrected chi connectivity index (χ3v) is 4.01. The second kappa shape index (κ2) is 8.45. The topological polar surface area (TPSA) is 88.2 Å². The van der Waals surface area contributed by atoms with E-state index in [4.69, 9.17) is 21.6 Å². The van der Waals surface area contributed by atoms with Gasteiger partial charge in [-0.15, -0.1) is 0 Å². The van der Waals surface area contributed by atoms with E-state index in [0.717, 1.165) is 4.90 Å². The molecule has 0 spiro atoms. The van der Waals surface area contributed by atoms with Crippen molar-refractivity contribution in [1.29, 1.82) is 5.26 Å². The summed E-state index contributed by atoms with van der Waals surface area (Å²) < 4.78 is 20.3. The van der Waals surface area contributed by atoms with Crippen molar-refractivity contribution in [2.75, 3.05) is 18.1 Å². The van der Waals surface area contributed by atoms with Gasteiger partial charge in [0.1, 0.15) is 16.5 Å². The normalized spacial score (nSPS) is 10.3. The zero-order chi connectivity index (χ0) is 19.3. The van der Waals surface area contributed by atoms with E-state index in [1.165, 1.54) is 22.9 Å². The summed E-state index contributed by atoms with van der Waals surface area (Å²) in [7, 11) is 1.57. The SMILES string of the molecule is Cc1nn(C)c(Cl)c1C(=O)OCC(=O)N(CCC#N)c1ccccc1F. The third kappa shape index (κ3) is 4.18. The average molecular weight is 379 g/mol. The summed E-state index contributed by atoms with van der Waals surface area (Å²) in [5.74, 6) is -2.07. The quantitative estimate of drug-likeness (QED) is 0.721. The van der Waals surface area contributed by atoms with Crippen LogP contribution in [-0.2, 0) is 16.6 Å². The smallest absolute Gasteiger partial charge is 0.343 e. The van der Waals surface area contributed by atoms with Gasteiger partial charge in [0.15, 0.2) is 6.61 Å². The number of nitriles is 1. The van der Waals surface area contributed by atoms with E-state index in [-0.39, 0.29) is 29.4 Å². The van der Waals surface area contributed by atoms with Crippen molar-refractivity contribution in [2.24, 2.45) is 7.05 Å². The minimum atomic E-state index is -0.803. The molecule has 1 aromatic carbocycles. The second-order valence-electron chi connectivity index (χ2n) is 5.36. The van der Waals surface area contributed by atoms with Gasteiger partial charge in [0.2, 0.25) is 0 Å². The van der Waals surface area contributed by atoms with Crippen molar-refractivity contribution in [2.45, 2.75) is 13.3 Å². The lowest BCUT2D eigenvalue weighted by Gasteiger charge is -2.22. The molecule has 2 aromatic rings. The lowest BCUT2D eigenvalue weighted by atomic mass is 10.2. The minimum absolute atomic E-state index is 0.00155. The first kappa shape index (κ1) is 19.4. The predicted octanol–water partition coefficient (Wildman–Crippen LogP) is 2.62. The Labute approximate surface area is 154 Å². The van der Waals surface area contributed by atoms with Gasteiger partial charge in [-0.1, -0.05) is 23.7 Å². The number of hydrogen-bond donors (Lipinski definition) is 0. The number of carbonyl (C=O) groups excluding carboxylic acids is 2. The van der Waals surface area contributed by atoms with Crippen molar-refractivity contribution >= 4 is 29.2 Å². The standard InChI is InChI=1S/C17H16ClFN4O3/c1-11-15(16(18)22(2)21-11)17(25)26-10-14(24)23(9-5-8-20)13-7-4-3-6-12(13)19/h3-4,6-7H,5,9-10H2,1-2H3. The van der Waals surface area contributed by atoms with Crippen LogP contribution in [-0.4, -0.2) is 34.8 Å². The van der Waals surface area contributed by atoms with Crippen LogP contribution in [0.4, 0.5) is 10.1 Å². The fraction of sp³-hybridized carbons (Fsp3) is 0.294. The van der Waals surface area contributed by atoms with Gasteiger partial charge in [0, 0.05) is 13.6 Å². The fourth-order valence-corrected chi connectivity index (χ4v) is 2.60. The Balaban J connectivity index is 2.13. The molecule has 0 saturated carbocycles. The molecule has 0 aliphatic carbocycles. The first-order chi connectivity index (χ1) is 12.4. The van der Waals surface area contributed by atoms with Crippen LogP contribution in [0, 0.1) is 24.1 Å². The van der Waals surface area contributed by atoms with Gasteiger partial charge < -0.3 is 9.64 Å². The number of benzene rings is 1. The zero-order valence-corrected chi connectivity index (χ0v) is 15.0.